The molecule has 0 bridgehead atoms. The fourth-order valence-electron chi connectivity index (χ4n) is 1.85. The van der Waals surface area contributed by atoms with Crippen LogP contribution in [0, 0.1) is 0 Å². The zero-order valence-corrected chi connectivity index (χ0v) is 15.3. The molecule has 22 heavy (non-hydrogen) atoms. The van der Waals surface area contributed by atoms with E-state index in [4.69, 9.17) is 4.43 Å². The van der Waals surface area contributed by atoms with Crippen molar-refractivity contribution < 1.29 is 4.43 Å². The van der Waals surface area contributed by atoms with Crippen LogP contribution in [-0.2, 0) is 0 Å². The average molecular weight is 311 g/mol. The van der Waals surface area contributed by atoms with Gasteiger partial charge in [0.1, 0.15) is 5.75 Å². The van der Waals surface area contributed by atoms with Crippen LogP contribution in [0.5, 0.6) is 5.75 Å². The lowest BCUT2D eigenvalue weighted by molar-refractivity contribution is 0.492. The van der Waals surface area contributed by atoms with Gasteiger partial charge in [-0.2, -0.15) is 0 Å². The molecule has 2 heteroatoms. The van der Waals surface area contributed by atoms with Crippen LogP contribution in [0.1, 0.15) is 31.9 Å². The first-order chi connectivity index (χ1) is 10.3. The molecule has 0 atom stereocenters. The van der Waals surface area contributed by atoms with Gasteiger partial charge in [0, 0.05) is 0 Å². The van der Waals surface area contributed by atoms with Crippen LogP contribution in [0.3, 0.4) is 0 Å². The number of rotatable bonds is 4. The molecule has 0 spiro atoms. The minimum atomic E-state index is -1.75. The van der Waals surface area contributed by atoms with Gasteiger partial charge in [-0.25, -0.2) is 0 Å². The Labute approximate surface area is 135 Å². The van der Waals surface area contributed by atoms with Crippen molar-refractivity contribution in [1.29, 1.82) is 0 Å². The normalized spacial score (nSPS) is 12.6. The monoisotopic (exact) mass is 310 g/mol. The SMILES string of the molecule is CC(C)(C)[Si](C)(C)Oc1ccc(C=Cc2ccccc2)cc1. The largest absolute Gasteiger partial charge is 0.544 e. The average Bonchev–Trinajstić information content (AvgIpc) is 2.46. The third-order valence-corrected chi connectivity index (χ3v) is 8.69. The molecule has 0 amide bonds. The van der Waals surface area contributed by atoms with E-state index in [1.165, 1.54) is 11.1 Å². The number of benzene rings is 2. The smallest absolute Gasteiger partial charge is 0.250 e. The van der Waals surface area contributed by atoms with Crippen molar-refractivity contribution in [2.75, 3.05) is 0 Å². The van der Waals surface area contributed by atoms with Crippen LogP contribution >= 0.6 is 0 Å². The Kier molecular flexibility index (Phi) is 4.92. The summed E-state index contributed by atoms with van der Waals surface area (Å²) in [5.41, 5.74) is 2.40. The Morgan fingerprint density at radius 1 is 0.773 bits per heavy atom. The maximum atomic E-state index is 6.30. The van der Waals surface area contributed by atoms with E-state index in [2.05, 4.69) is 94.5 Å². The van der Waals surface area contributed by atoms with E-state index in [0.29, 0.717) is 0 Å². The lowest BCUT2D eigenvalue weighted by Gasteiger charge is -2.36. The Balaban J connectivity index is 2.06. The zero-order chi connectivity index (χ0) is 16.2. The first-order valence-electron chi connectivity index (χ1n) is 7.80. The molecular formula is C20H26OSi. The van der Waals surface area contributed by atoms with E-state index in [9.17, 15) is 0 Å². The summed E-state index contributed by atoms with van der Waals surface area (Å²) >= 11 is 0. The number of hydrogen-bond acceptors (Lipinski definition) is 1. The molecule has 0 radical (unpaired) electrons. The second kappa shape index (κ2) is 6.53. The maximum Gasteiger partial charge on any atom is 0.250 e. The highest BCUT2D eigenvalue weighted by molar-refractivity contribution is 6.74. The van der Waals surface area contributed by atoms with E-state index in [0.717, 1.165) is 5.75 Å². The Morgan fingerprint density at radius 3 is 1.77 bits per heavy atom. The summed E-state index contributed by atoms with van der Waals surface area (Å²) < 4.78 is 6.30. The molecule has 0 heterocycles. The van der Waals surface area contributed by atoms with Gasteiger partial charge in [0.2, 0.25) is 8.32 Å². The van der Waals surface area contributed by atoms with Gasteiger partial charge in [0.05, 0.1) is 0 Å². The van der Waals surface area contributed by atoms with Crippen molar-refractivity contribution in [3.63, 3.8) is 0 Å². The highest BCUT2D eigenvalue weighted by atomic mass is 28.4. The topological polar surface area (TPSA) is 9.23 Å². The molecule has 2 rings (SSSR count). The molecule has 0 aromatic heterocycles. The molecule has 0 fully saturated rings. The van der Waals surface area contributed by atoms with Crippen molar-refractivity contribution in [2.45, 2.75) is 38.9 Å². The van der Waals surface area contributed by atoms with Gasteiger partial charge >= 0.3 is 0 Å². The fraction of sp³-hybridized carbons (Fsp3) is 0.300. The Morgan fingerprint density at radius 2 is 1.27 bits per heavy atom. The van der Waals surface area contributed by atoms with Gasteiger partial charge in [0.25, 0.3) is 0 Å². The first kappa shape index (κ1) is 16.6. The van der Waals surface area contributed by atoms with Crippen LogP contribution in [0.25, 0.3) is 12.2 Å². The second-order valence-corrected chi connectivity index (χ2v) is 11.9. The molecule has 0 unspecified atom stereocenters. The Hall–Kier alpha value is -1.80. The van der Waals surface area contributed by atoms with Crippen molar-refractivity contribution in [2.24, 2.45) is 0 Å². The molecule has 116 valence electrons. The predicted molar refractivity (Wildman–Crippen MR) is 99.6 cm³/mol. The molecule has 0 aliphatic heterocycles. The second-order valence-electron chi connectivity index (χ2n) is 7.18. The Bertz CT molecular complexity index is 619. The minimum Gasteiger partial charge on any atom is -0.544 e. The molecule has 0 saturated carbocycles. The quantitative estimate of drug-likeness (QED) is 0.479. The van der Waals surface area contributed by atoms with E-state index >= 15 is 0 Å². The molecule has 0 N–H and O–H groups in total. The summed E-state index contributed by atoms with van der Waals surface area (Å²) in [6, 6.07) is 18.7. The molecule has 0 saturated heterocycles. The lowest BCUT2D eigenvalue weighted by atomic mass is 10.1. The predicted octanol–water partition coefficient (Wildman–Crippen LogP) is 6.24. The van der Waals surface area contributed by atoms with Crippen LogP contribution in [-0.4, -0.2) is 8.32 Å². The molecule has 1 nitrogen and oxygen atoms in total. The third-order valence-electron chi connectivity index (χ3n) is 4.33. The van der Waals surface area contributed by atoms with Crippen molar-refractivity contribution >= 4 is 20.5 Å². The van der Waals surface area contributed by atoms with Crippen LogP contribution in [0.4, 0.5) is 0 Å². The molecule has 0 aliphatic rings. The zero-order valence-electron chi connectivity index (χ0n) is 14.3. The van der Waals surface area contributed by atoms with Gasteiger partial charge in [-0.3, -0.25) is 0 Å². The highest BCUT2D eigenvalue weighted by Crippen LogP contribution is 2.37. The van der Waals surface area contributed by atoms with E-state index in [1.54, 1.807) is 0 Å². The first-order valence-corrected chi connectivity index (χ1v) is 10.7. The standard InChI is InChI=1S/C20H26OSi/c1-20(2,3)22(4,5)21-19-15-13-18(14-16-19)12-11-17-9-7-6-8-10-17/h6-16H,1-5H3. The van der Waals surface area contributed by atoms with E-state index in [1.807, 2.05) is 6.07 Å². The van der Waals surface area contributed by atoms with Gasteiger partial charge in [-0.1, -0.05) is 75.4 Å². The summed E-state index contributed by atoms with van der Waals surface area (Å²) in [4.78, 5) is 0. The molecular weight excluding hydrogens is 284 g/mol. The lowest BCUT2D eigenvalue weighted by Crippen LogP contribution is -2.43. The highest BCUT2D eigenvalue weighted by Gasteiger charge is 2.38. The van der Waals surface area contributed by atoms with Gasteiger partial charge in [0.15, 0.2) is 0 Å². The van der Waals surface area contributed by atoms with Crippen LogP contribution in [0.15, 0.2) is 54.6 Å². The van der Waals surface area contributed by atoms with Gasteiger partial charge in [-0.15, -0.1) is 0 Å². The summed E-state index contributed by atoms with van der Waals surface area (Å²) in [6.45, 7) is 11.3. The summed E-state index contributed by atoms with van der Waals surface area (Å²) in [5, 5.41) is 0.221. The van der Waals surface area contributed by atoms with Crippen LogP contribution < -0.4 is 4.43 Å². The maximum absolute atomic E-state index is 6.30. The summed E-state index contributed by atoms with van der Waals surface area (Å²) in [5.74, 6) is 0.975. The third kappa shape index (κ3) is 4.34. The van der Waals surface area contributed by atoms with Crippen molar-refractivity contribution in [3.05, 3.63) is 65.7 Å². The van der Waals surface area contributed by atoms with Crippen molar-refractivity contribution in [1.82, 2.24) is 0 Å². The van der Waals surface area contributed by atoms with Crippen LogP contribution in [0.2, 0.25) is 18.1 Å². The molecule has 2 aromatic rings. The number of hydrogen-bond donors (Lipinski definition) is 0. The van der Waals surface area contributed by atoms with Gasteiger partial charge in [-0.05, 0) is 41.4 Å². The van der Waals surface area contributed by atoms with E-state index in [-0.39, 0.29) is 5.04 Å². The summed E-state index contributed by atoms with van der Waals surface area (Å²) in [6.07, 6.45) is 4.26. The van der Waals surface area contributed by atoms with Crippen molar-refractivity contribution in [3.8, 4) is 5.75 Å². The summed E-state index contributed by atoms with van der Waals surface area (Å²) in [7, 11) is -1.75. The minimum absolute atomic E-state index is 0.221. The fourth-order valence-corrected chi connectivity index (χ4v) is 2.88. The molecule has 0 aliphatic carbocycles. The van der Waals surface area contributed by atoms with E-state index < -0.39 is 8.32 Å². The molecule has 2 aromatic carbocycles. The van der Waals surface area contributed by atoms with Gasteiger partial charge < -0.3 is 4.43 Å².